The Balaban J connectivity index is 2.14. The average Bonchev–Trinajstić information content (AvgIpc) is 2.48. The number of carbonyl (C=O) groups is 1. The molecule has 0 aliphatic rings. The lowest BCUT2D eigenvalue weighted by molar-refractivity contribution is 0.0937. The number of rotatable bonds is 4. The van der Waals surface area contributed by atoms with Gasteiger partial charge in [-0.3, -0.25) is 4.79 Å². The van der Waals surface area contributed by atoms with E-state index in [4.69, 9.17) is 58.0 Å². The zero-order valence-electron chi connectivity index (χ0n) is 11.4. The fourth-order valence-electron chi connectivity index (χ4n) is 1.63. The Morgan fingerprint density at radius 1 is 1.00 bits per heavy atom. The van der Waals surface area contributed by atoms with Crippen molar-refractivity contribution in [1.29, 1.82) is 0 Å². The van der Waals surface area contributed by atoms with Crippen molar-refractivity contribution in [3.8, 4) is 0 Å². The van der Waals surface area contributed by atoms with E-state index in [1.165, 1.54) is 12.3 Å². The Labute approximate surface area is 158 Å². The first-order valence-corrected chi connectivity index (χ1v) is 8.16. The van der Waals surface area contributed by atoms with E-state index in [9.17, 15) is 4.79 Å². The molecule has 0 aliphatic carbocycles. The molecule has 0 fully saturated rings. The van der Waals surface area contributed by atoms with E-state index in [0.29, 0.717) is 15.7 Å². The quantitative estimate of drug-likeness (QED) is 0.552. The van der Waals surface area contributed by atoms with Crippen LogP contribution >= 0.6 is 58.0 Å². The van der Waals surface area contributed by atoms with Crippen molar-refractivity contribution in [2.24, 2.45) is 0 Å². The third-order valence-corrected chi connectivity index (χ3v) is 3.85. The number of alkyl halides is 3. The zero-order chi connectivity index (χ0) is 17.0. The van der Waals surface area contributed by atoms with Crippen molar-refractivity contribution in [3.05, 3.63) is 58.3 Å². The standard InChI is InChI=1S/C14H10Cl5N3O/c15-8-1-4-10(5-2-8)21-13(14(17,18)19)22-12(23)11-6-3-9(16)7-20-11/h1-7,13,21H,(H,22,23). The molecule has 0 saturated carbocycles. The van der Waals surface area contributed by atoms with Gasteiger partial charge in [0.25, 0.3) is 5.91 Å². The molecule has 1 heterocycles. The van der Waals surface area contributed by atoms with Crippen LogP contribution in [0.5, 0.6) is 0 Å². The number of pyridine rings is 1. The molecule has 0 aliphatic heterocycles. The molecule has 2 aromatic rings. The summed E-state index contributed by atoms with van der Waals surface area (Å²) in [6.45, 7) is 0. The lowest BCUT2D eigenvalue weighted by atomic mass is 10.3. The molecule has 23 heavy (non-hydrogen) atoms. The van der Waals surface area contributed by atoms with Crippen LogP contribution in [0.1, 0.15) is 10.5 Å². The third kappa shape index (κ3) is 5.59. The van der Waals surface area contributed by atoms with Crippen molar-refractivity contribution < 1.29 is 4.79 Å². The summed E-state index contributed by atoms with van der Waals surface area (Å²) in [5.41, 5.74) is 0.765. The maximum atomic E-state index is 12.2. The van der Waals surface area contributed by atoms with Crippen molar-refractivity contribution in [3.63, 3.8) is 0 Å². The van der Waals surface area contributed by atoms with E-state index >= 15 is 0 Å². The van der Waals surface area contributed by atoms with E-state index in [2.05, 4.69) is 15.6 Å². The second-order valence-corrected chi connectivity index (χ2v) is 7.70. The van der Waals surface area contributed by atoms with Crippen LogP contribution in [0.25, 0.3) is 0 Å². The first-order valence-electron chi connectivity index (χ1n) is 6.27. The van der Waals surface area contributed by atoms with Gasteiger partial charge in [-0.25, -0.2) is 4.98 Å². The number of hydrogen-bond acceptors (Lipinski definition) is 3. The van der Waals surface area contributed by atoms with Gasteiger partial charge in [-0.15, -0.1) is 0 Å². The van der Waals surface area contributed by atoms with Crippen molar-refractivity contribution in [1.82, 2.24) is 10.3 Å². The van der Waals surface area contributed by atoms with Gasteiger partial charge in [0, 0.05) is 16.9 Å². The number of nitrogens with one attached hydrogen (secondary N) is 2. The summed E-state index contributed by atoms with van der Waals surface area (Å²) < 4.78 is -1.79. The molecule has 0 radical (unpaired) electrons. The van der Waals surface area contributed by atoms with Crippen molar-refractivity contribution >= 4 is 69.6 Å². The molecule has 122 valence electrons. The van der Waals surface area contributed by atoms with Gasteiger partial charge < -0.3 is 10.6 Å². The lowest BCUT2D eigenvalue weighted by Gasteiger charge is -2.27. The minimum absolute atomic E-state index is 0.145. The lowest BCUT2D eigenvalue weighted by Crippen LogP contribution is -2.49. The van der Waals surface area contributed by atoms with Crippen LogP contribution in [0.3, 0.4) is 0 Å². The molecule has 0 spiro atoms. The van der Waals surface area contributed by atoms with Crippen LogP contribution in [-0.4, -0.2) is 20.8 Å². The third-order valence-electron chi connectivity index (χ3n) is 2.72. The highest BCUT2D eigenvalue weighted by molar-refractivity contribution is 6.68. The highest BCUT2D eigenvalue weighted by Gasteiger charge is 2.34. The molecule has 2 rings (SSSR count). The summed E-state index contributed by atoms with van der Waals surface area (Å²) in [6.07, 6.45) is 0.367. The van der Waals surface area contributed by atoms with Gasteiger partial charge in [0.15, 0.2) is 0 Å². The maximum absolute atomic E-state index is 12.2. The number of amides is 1. The van der Waals surface area contributed by atoms with Crippen LogP contribution in [0.4, 0.5) is 5.69 Å². The largest absolute Gasteiger partial charge is 0.362 e. The van der Waals surface area contributed by atoms with Crippen LogP contribution in [0, 0.1) is 0 Å². The summed E-state index contributed by atoms with van der Waals surface area (Å²) in [6, 6.07) is 9.73. The Morgan fingerprint density at radius 3 is 2.13 bits per heavy atom. The second-order valence-electron chi connectivity index (χ2n) is 4.46. The van der Waals surface area contributed by atoms with Crippen LogP contribution in [-0.2, 0) is 0 Å². The maximum Gasteiger partial charge on any atom is 0.271 e. The highest BCUT2D eigenvalue weighted by Crippen LogP contribution is 2.31. The molecule has 9 heteroatoms. The molecular weight excluding hydrogens is 403 g/mol. The number of nitrogens with zero attached hydrogens (tertiary/aromatic N) is 1. The van der Waals surface area contributed by atoms with Gasteiger partial charge in [-0.1, -0.05) is 58.0 Å². The topological polar surface area (TPSA) is 54.0 Å². The van der Waals surface area contributed by atoms with Gasteiger partial charge >= 0.3 is 0 Å². The number of anilines is 1. The summed E-state index contributed by atoms with van der Waals surface area (Å²) in [4.78, 5) is 16.1. The monoisotopic (exact) mass is 411 g/mol. The first kappa shape index (κ1) is 18.4. The Bertz CT molecular complexity index is 670. The number of carbonyl (C=O) groups excluding carboxylic acids is 1. The molecule has 1 unspecified atom stereocenters. The van der Waals surface area contributed by atoms with Crippen molar-refractivity contribution in [2.45, 2.75) is 9.96 Å². The molecule has 1 aromatic heterocycles. The Hall–Kier alpha value is -0.910. The molecule has 1 aromatic carbocycles. The van der Waals surface area contributed by atoms with Crippen LogP contribution in [0.2, 0.25) is 10.0 Å². The van der Waals surface area contributed by atoms with Crippen molar-refractivity contribution in [2.75, 3.05) is 5.32 Å². The molecular formula is C14H10Cl5N3O. The zero-order valence-corrected chi connectivity index (χ0v) is 15.1. The van der Waals surface area contributed by atoms with Crippen LogP contribution < -0.4 is 10.6 Å². The van der Waals surface area contributed by atoms with E-state index in [0.717, 1.165) is 0 Å². The normalized spacial score (nSPS) is 12.6. The number of hydrogen-bond donors (Lipinski definition) is 2. The summed E-state index contributed by atoms with van der Waals surface area (Å²) in [7, 11) is 0. The molecule has 1 atom stereocenters. The van der Waals surface area contributed by atoms with E-state index in [-0.39, 0.29) is 5.69 Å². The van der Waals surface area contributed by atoms with Gasteiger partial charge in [0.1, 0.15) is 11.9 Å². The van der Waals surface area contributed by atoms with Gasteiger partial charge in [-0.2, -0.15) is 0 Å². The predicted octanol–water partition coefficient (Wildman–Crippen LogP) is 4.93. The molecule has 4 nitrogen and oxygen atoms in total. The van der Waals surface area contributed by atoms with Gasteiger partial charge in [-0.05, 0) is 36.4 Å². The number of aromatic nitrogens is 1. The fourth-order valence-corrected chi connectivity index (χ4v) is 2.19. The summed E-state index contributed by atoms with van der Waals surface area (Å²) in [5, 5.41) is 6.47. The molecule has 2 N–H and O–H groups in total. The smallest absolute Gasteiger partial charge is 0.271 e. The number of halogens is 5. The molecule has 0 saturated heterocycles. The second kappa shape index (κ2) is 7.77. The minimum Gasteiger partial charge on any atom is -0.362 e. The number of benzene rings is 1. The molecule has 1 amide bonds. The average molecular weight is 414 g/mol. The first-order chi connectivity index (χ1) is 10.8. The summed E-state index contributed by atoms with van der Waals surface area (Å²) >= 11 is 29.3. The predicted molar refractivity (Wildman–Crippen MR) is 95.9 cm³/mol. The summed E-state index contributed by atoms with van der Waals surface area (Å²) in [5.74, 6) is -0.514. The minimum atomic E-state index is -1.79. The SMILES string of the molecule is O=C(NC(Nc1ccc(Cl)cc1)C(Cl)(Cl)Cl)c1ccc(Cl)cn1. The van der Waals surface area contributed by atoms with Gasteiger partial charge in [0.05, 0.1) is 5.02 Å². The van der Waals surface area contributed by atoms with Crippen LogP contribution in [0.15, 0.2) is 42.6 Å². The van der Waals surface area contributed by atoms with E-state index in [1.807, 2.05) is 0 Å². The highest BCUT2D eigenvalue weighted by atomic mass is 35.6. The fraction of sp³-hybridized carbons (Fsp3) is 0.143. The van der Waals surface area contributed by atoms with E-state index in [1.54, 1.807) is 30.3 Å². The molecule has 0 bridgehead atoms. The Morgan fingerprint density at radius 2 is 1.61 bits per heavy atom. The van der Waals surface area contributed by atoms with Gasteiger partial charge in [0.2, 0.25) is 3.79 Å². The Kier molecular flexibility index (Phi) is 6.23. The van der Waals surface area contributed by atoms with E-state index < -0.39 is 15.9 Å².